The largest absolute Gasteiger partial charge is 0.508 e. The van der Waals surface area contributed by atoms with Gasteiger partial charge < -0.3 is 25.4 Å². The molecule has 0 saturated heterocycles. The van der Waals surface area contributed by atoms with Crippen LogP contribution in [-0.4, -0.2) is 42.4 Å². The maximum Gasteiger partial charge on any atom is 0.226 e. The van der Waals surface area contributed by atoms with Crippen LogP contribution in [0.3, 0.4) is 0 Å². The van der Waals surface area contributed by atoms with Gasteiger partial charge in [0.2, 0.25) is 5.95 Å². The van der Waals surface area contributed by atoms with E-state index >= 15 is 0 Å². The zero-order chi connectivity index (χ0) is 21.1. The van der Waals surface area contributed by atoms with E-state index in [0.717, 1.165) is 18.5 Å². The van der Waals surface area contributed by atoms with Gasteiger partial charge in [0.05, 0.1) is 12.4 Å². The number of benzene rings is 1. The summed E-state index contributed by atoms with van der Waals surface area (Å²) in [6.07, 6.45) is 7.25. The number of hydrogen-bond acceptors (Lipinski definition) is 7. The second kappa shape index (κ2) is 9.06. The lowest BCUT2D eigenvalue weighted by atomic mass is 9.95. The maximum absolute atomic E-state index is 10.1. The van der Waals surface area contributed by atoms with Gasteiger partial charge in [-0.25, -0.2) is 4.98 Å². The first-order chi connectivity index (χ1) is 14.5. The molecule has 0 spiro atoms. The fourth-order valence-electron chi connectivity index (χ4n) is 3.86. The van der Waals surface area contributed by atoms with E-state index in [4.69, 9.17) is 11.6 Å². The molecule has 1 unspecified atom stereocenters. The van der Waals surface area contributed by atoms with Crippen molar-refractivity contribution < 1.29 is 10.2 Å². The Hall–Kier alpha value is -2.58. The molecule has 4 N–H and O–H groups in total. The number of phenolic OH excluding ortho intramolecular Hbond substituents is 1. The van der Waals surface area contributed by atoms with Gasteiger partial charge in [-0.15, -0.1) is 0 Å². The van der Waals surface area contributed by atoms with E-state index in [9.17, 15) is 10.2 Å². The molecule has 1 saturated carbocycles. The van der Waals surface area contributed by atoms with Gasteiger partial charge in [0.15, 0.2) is 17.0 Å². The molecule has 2 heterocycles. The Labute approximate surface area is 180 Å². The molecule has 1 aromatic carbocycles. The monoisotopic (exact) mass is 430 g/mol. The van der Waals surface area contributed by atoms with Crippen LogP contribution >= 0.6 is 11.6 Å². The van der Waals surface area contributed by atoms with Gasteiger partial charge in [0.25, 0.3) is 0 Å². The summed E-state index contributed by atoms with van der Waals surface area (Å²) < 4.78 is 2.14. The highest BCUT2D eigenvalue weighted by atomic mass is 35.5. The van der Waals surface area contributed by atoms with Crippen molar-refractivity contribution in [3.63, 3.8) is 0 Å². The number of rotatable bonds is 7. The first-order valence-electron chi connectivity index (χ1n) is 10.4. The van der Waals surface area contributed by atoms with E-state index in [-0.39, 0.29) is 5.75 Å². The van der Waals surface area contributed by atoms with Crippen LogP contribution < -0.4 is 10.6 Å². The lowest BCUT2D eigenvalue weighted by molar-refractivity contribution is 0.208. The molecule has 160 valence electrons. The van der Waals surface area contributed by atoms with Gasteiger partial charge >= 0.3 is 0 Å². The second-order valence-electron chi connectivity index (χ2n) is 7.87. The number of aromatic nitrogens is 4. The van der Waals surface area contributed by atoms with Crippen molar-refractivity contribution in [1.82, 2.24) is 19.5 Å². The summed E-state index contributed by atoms with van der Waals surface area (Å²) in [6.45, 7) is 2.39. The zero-order valence-corrected chi connectivity index (χ0v) is 17.7. The van der Waals surface area contributed by atoms with Gasteiger partial charge in [-0.2, -0.15) is 9.97 Å². The molecule has 1 atom stereocenters. The number of aliphatic hydroxyl groups excluding tert-OH is 1. The average Bonchev–Trinajstić information content (AvgIpc) is 3.17. The molecule has 0 bridgehead atoms. The minimum absolute atomic E-state index is 0.164. The number of aromatic hydroxyl groups is 1. The molecule has 0 amide bonds. The van der Waals surface area contributed by atoms with Gasteiger partial charge in [-0.05, 0) is 38.0 Å². The number of hydrogen-bond donors (Lipinski definition) is 4. The smallest absolute Gasteiger partial charge is 0.226 e. The standard InChI is InChI=1S/C21H27ClN6O2/c1-13(29)10-24-21-26-19(23-11-14-9-15(22)7-8-17(14)30)18-20(27-21)28(12-25-18)16-5-3-2-4-6-16/h7-9,12-13,16,29-30H,2-6,10-11H2,1H3,(H2,23,24,26,27). The minimum atomic E-state index is -0.521. The summed E-state index contributed by atoms with van der Waals surface area (Å²) in [4.78, 5) is 13.8. The average molecular weight is 431 g/mol. The molecule has 1 aliphatic carbocycles. The lowest BCUT2D eigenvalue weighted by Gasteiger charge is -2.23. The van der Waals surface area contributed by atoms with E-state index in [0.29, 0.717) is 47.0 Å². The van der Waals surface area contributed by atoms with Crippen LogP contribution in [0, 0.1) is 0 Å². The number of fused-ring (bicyclic) bond motifs is 1. The van der Waals surface area contributed by atoms with Crippen LogP contribution in [0.5, 0.6) is 5.75 Å². The number of imidazole rings is 1. The Balaban J connectivity index is 1.67. The predicted octanol–water partition coefficient (Wildman–Crippen LogP) is 4.10. The summed E-state index contributed by atoms with van der Waals surface area (Å²) in [5, 5.41) is 26.7. The molecule has 3 aromatic rings. The van der Waals surface area contributed by atoms with Crippen molar-refractivity contribution in [2.75, 3.05) is 17.2 Å². The molecule has 0 aliphatic heterocycles. The Morgan fingerprint density at radius 2 is 2.00 bits per heavy atom. The Morgan fingerprint density at radius 1 is 1.20 bits per heavy atom. The molecule has 1 aliphatic rings. The highest BCUT2D eigenvalue weighted by molar-refractivity contribution is 6.30. The quantitative estimate of drug-likeness (QED) is 0.447. The zero-order valence-electron chi connectivity index (χ0n) is 17.0. The number of halogens is 1. The van der Waals surface area contributed by atoms with Gasteiger partial charge in [0.1, 0.15) is 5.75 Å². The summed E-state index contributed by atoms with van der Waals surface area (Å²) in [6, 6.07) is 5.32. The first-order valence-corrected chi connectivity index (χ1v) is 10.8. The van der Waals surface area contributed by atoms with Crippen LogP contribution in [-0.2, 0) is 6.54 Å². The molecule has 30 heavy (non-hydrogen) atoms. The van der Waals surface area contributed by atoms with E-state index in [2.05, 4.69) is 30.2 Å². The van der Waals surface area contributed by atoms with Crippen LogP contribution in [0.4, 0.5) is 11.8 Å². The van der Waals surface area contributed by atoms with Crippen molar-refractivity contribution in [3.8, 4) is 5.75 Å². The molecule has 2 aromatic heterocycles. The summed E-state index contributed by atoms with van der Waals surface area (Å²) in [5.74, 6) is 1.16. The third kappa shape index (κ3) is 4.60. The number of aliphatic hydroxyl groups is 1. The second-order valence-corrected chi connectivity index (χ2v) is 8.30. The van der Waals surface area contributed by atoms with E-state index in [1.54, 1.807) is 25.1 Å². The molecular weight excluding hydrogens is 404 g/mol. The highest BCUT2D eigenvalue weighted by Crippen LogP contribution is 2.32. The maximum atomic E-state index is 10.1. The Bertz CT molecular complexity index is 1020. The van der Waals surface area contributed by atoms with Crippen molar-refractivity contribution in [2.24, 2.45) is 0 Å². The van der Waals surface area contributed by atoms with Crippen molar-refractivity contribution in [2.45, 2.75) is 57.7 Å². The Morgan fingerprint density at radius 3 is 2.77 bits per heavy atom. The fourth-order valence-corrected chi connectivity index (χ4v) is 4.05. The third-order valence-corrected chi connectivity index (χ3v) is 5.67. The molecule has 0 radical (unpaired) electrons. The summed E-state index contributed by atoms with van der Waals surface area (Å²) in [7, 11) is 0. The van der Waals surface area contributed by atoms with Crippen LogP contribution in [0.2, 0.25) is 5.02 Å². The van der Waals surface area contributed by atoms with Crippen molar-refractivity contribution in [1.29, 1.82) is 0 Å². The van der Waals surface area contributed by atoms with Crippen LogP contribution in [0.15, 0.2) is 24.5 Å². The number of nitrogens with zero attached hydrogens (tertiary/aromatic N) is 4. The van der Waals surface area contributed by atoms with Gasteiger partial charge in [-0.3, -0.25) is 0 Å². The SMILES string of the molecule is CC(O)CNc1nc(NCc2cc(Cl)ccc2O)c2ncn(C3CCCCC3)c2n1. The van der Waals surface area contributed by atoms with Gasteiger partial charge in [0, 0.05) is 29.7 Å². The van der Waals surface area contributed by atoms with E-state index in [1.165, 1.54) is 19.3 Å². The van der Waals surface area contributed by atoms with E-state index in [1.807, 2.05) is 6.33 Å². The minimum Gasteiger partial charge on any atom is -0.508 e. The fraction of sp³-hybridized carbons (Fsp3) is 0.476. The third-order valence-electron chi connectivity index (χ3n) is 5.43. The predicted molar refractivity (Wildman–Crippen MR) is 118 cm³/mol. The number of phenols is 1. The van der Waals surface area contributed by atoms with Crippen molar-refractivity contribution in [3.05, 3.63) is 35.1 Å². The molecule has 4 rings (SSSR count). The van der Waals surface area contributed by atoms with E-state index < -0.39 is 6.10 Å². The number of anilines is 2. The summed E-state index contributed by atoms with van der Waals surface area (Å²) in [5.41, 5.74) is 2.12. The molecule has 9 heteroatoms. The van der Waals surface area contributed by atoms with Crippen LogP contribution in [0.25, 0.3) is 11.2 Å². The molecular formula is C21H27ClN6O2. The topological polar surface area (TPSA) is 108 Å². The van der Waals surface area contributed by atoms with Crippen molar-refractivity contribution >= 4 is 34.5 Å². The van der Waals surface area contributed by atoms with Crippen LogP contribution in [0.1, 0.15) is 50.6 Å². The lowest BCUT2D eigenvalue weighted by Crippen LogP contribution is -2.18. The summed E-state index contributed by atoms with van der Waals surface area (Å²) >= 11 is 6.07. The van der Waals surface area contributed by atoms with Gasteiger partial charge in [-0.1, -0.05) is 30.9 Å². The highest BCUT2D eigenvalue weighted by Gasteiger charge is 2.21. The Kier molecular flexibility index (Phi) is 6.24. The molecule has 8 nitrogen and oxygen atoms in total. The number of nitrogens with one attached hydrogen (secondary N) is 2. The molecule has 1 fully saturated rings. The normalized spacial score (nSPS) is 16.0. The first kappa shape index (κ1) is 20.7.